The lowest BCUT2D eigenvalue weighted by atomic mass is 10.1. The molecule has 0 bridgehead atoms. The topological polar surface area (TPSA) is 101 Å². The van der Waals surface area contributed by atoms with E-state index in [4.69, 9.17) is 0 Å². The van der Waals surface area contributed by atoms with Gasteiger partial charge in [0.05, 0.1) is 34.9 Å². The molecule has 0 saturated heterocycles. The van der Waals surface area contributed by atoms with E-state index in [0.29, 0.717) is 22.5 Å². The summed E-state index contributed by atoms with van der Waals surface area (Å²) in [5.41, 5.74) is 10.8. The Morgan fingerprint density at radius 3 is 1.29 bits per heavy atom. The van der Waals surface area contributed by atoms with Crippen LogP contribution in [0.15, 0.2) is 107 Å². The van der Waals surface area contributed by atoms with Crippen LogP contribution in [-0.2, 0) is 0 Å². The van der Waals surface area contributed by atoms with Crippen LogP contribution in [0.4, 0.5) is 22.7 Å². The molecule has 0 aliphatic rings. The van der Waals surface area contributed by atoms with E-state index in [9.17, 15) is 9.59 Å². The smallest absolute Gasteiger partial charge is 0.273 e. The second-order valence-corrected chi connectivity index (χ2v) is 9.59. The average molecular weight is 548 g/mol. The molecule has 4 aromatic carbocycles. The van der Waals surface area contributed by atoms with E-state index < -0.39 is 0 Å². The molecule has 4 rings (SSSR count). The summed E-state index contributed by atoms with van der Waals surface area (Å²) >= 11 is 0. The van der Waals surface area contributed by atoms with Gasteiger partial charge in [0, 0.05) is 39.6 Å². The zero-order valence-corrected chi connectivity index (χ0v) is 23.5. The molecule has 208 valence electrons. The Balaban J connectivity index is 1.42. The molecule has 41 heavy (non-hydrogen) atoms. The number of carbonyl (C=O) groups excluding carboxylic acids is 2. The van der Waals surface area contributed by atoms with Crippen molar-refractivity contribution in [1.29, 1.82) is 0 Å². The molecule has 0 heterocycles. The Hall–Kier alpha value is -5.44. The monoisotopic (exact) mass is 547 g/mol. The first kappa shape index (κ1) is 28.6. The molecule has 0 spiro atoms. The molecule has 0 aliphatic carbocycles. The van der Waals surface area contributed by atoms with Crippen molar-refractivity contribution >= 4 is 47.0 Å². The third kappa shape index (κ3) is 7.79. The first-order chi connectivity index (χ1) is 19.8. The number of hydrogen-bond acceptors (Lipinski definition) is 7. The highest BCUT2D eigenvalue weighted by atomic mass is 16.2. The molecule has 0 fully saturated rings. The quantitative estimate of drug-likeness (QED) is 0.190. The van der Waals surface area contributed by atoms with Gasteiger partial charge in [-0.1, -0.05) is 48.5 Å². The van der Waals surface area contributed by atoms with Gasteiger partial charge in [-0.25, -0.2) is 10.9 Å². The van der Waals surface area contributed by atoms with E-state index in [2.05, 4.69) is 26.4 Å². The SMILES string of the molecule is CN(C)c1ccc(/C=N/NC(=O)c2ccccc2Nc2ccccc2C(=O)N/N=C/c2ccc(N(C)C)cc2)cc1. The van der Waals surface area contributed by atoms with E-state index in [1.807, 2.05) is 98.7 Å². The van der Waals surface area contributed by atoms with E-state index in [-0.39, 0.29) is 11.8 Å². The molecular formula is C32H33N7O2. The number of benzene rings is 4. The molecule has 4 aromatic rings. The number of carbonyl (C=O) groups is 2. The number of hydrogen-bond donors (Lipinski definition) is 3. The molecular weight excluding hydrogens is 514 g/mol. The number of amides is 2. The normalized spacial score (nSPS) is 10.9. The first-order valence-corrected chi connectivity index (χ1v) is 13.0. The third-order valence-corrected chi connectivity index (χ3v) is 6.19. The second kappa shape index (κ2) is 13.6. The van der Waals surface area contributed by atoms with Crippen LogP contribution in [0, 0.1) is 0 Å². The van der Waals surface area contributed by atoms with Gasteiger partial charge in [-0.05, 0) is 59.7 Å². The van der Waals surface area contributed by atoms with Gasteiger partial charge >= 0.3 is 0 Å². The Labute approximate surface area is 240 Å². The van der Waals surface area contributed by atoms with E-state index in [0.717, 1.165) is 22.5 Å². The van der Waals surface area contributed by atoms with Crippen LogP contribution in [0.3, 0.4) is 0 Å². The summed E-state index contributed by atoms with van der Waals surface area (Å²) < 4.78 is 0. The summed E-state index contributed by atoms with van der Waals surface area (Å²) in [6, 6.07) is 29.7. The number of rotatable bonds is 10. The van der Waals surface area contributed by atoms with Crippen molar-refractivity contribution < 1.29 is 9.59 Å². The Morgan fingerprint density at radius 2 is 0.927 bits per heavy atom. The number of para-hydroxylation sites is 2. The lowest BCUT2D eigenvalue weighted by Gasteiger charge is -2.14. The fraction of sp³-hybridized carbons (Fsp3) is 0.125. The van der Waals surface area contributed by atoms with Gasteiger partial charge in [-0.2, -0.15) is 10.2 Å². The fourth-order valence-electron chi connectivity index (χ4n) is 3.89. The third-order valence-electron chi connectivity index (χ3n) is 6.19. The molecule has 9 heteroatoms. The minimum Gasteiger partial charge on any atom is -0.378 e. The van der Waals surface area contributed by atoms with Crippen LogP contribution in [0.1, 0.15) is 31.8 Å². The van der Waals surface area contributed by atoms with Crippen molar-refractivity contribution in [2.24, 2.45) is 10.2 Å². The van der Waals surface area contributed by atoms with E-state index in [1.54, 1.807) is 48.8 Å². The molecule has 0 aliphatic heterocycles. The van der Waals surface area contributed by atoms with Crippen LogP contribution in [0.2, 0.25) is 0 Å². The summed E-state index contributed by atoms with van der Waals surface area (Å²) in [7, 11) is 7.89. The van der Waals surface area contributed by atoms with Gasteiger partial charge in [0.25, 0.3) is 11.8 Å². The second-order valence-electron chi connectivity index (χ2n) is 9.59. The summed E-state index contributed by atoms with van der Waals surface area (Å²) in [5.74, 6) is -0.776. The van der Waals surface area contributed by atoms with Crippen molar-refractivity contribution in [2.75, 3.05) is 43.3 Å². The molecule has 2 amide bonds. The Kier molecular flexibility index (Phi) is 9.45. The maximum atomic E-state index is 13.0. The maximum Gasteiger partial charge on any atom is 0.273 e. The number of hydrazone groups is 2. The van der Waals surface area contributed by atoms with Gasteiger partial charge < -0.3 is 15.1 Å². The summed E-state index contributed by atoms with van der Waals surface area (Å²) in [6.45, 7) is 0. The molecule has 9 nitrogen and oxygen atoms in total. The first-order valence-electron chi connectivity index (χ1n) is 13.0. The van der Waals surface area contributed by atoms with Crippen molar-refractivity contribution in [2.45, 2.75) is 0 Å². The van der Waals surface area contributed by atoms with Gasteiger partial charge in [-0.15, -0.1) is 0 Å². The highest BCUT2D eigenvalue weighted by Gasteiger charge is 2.15. The largest absolute Gasteiger partial charge is 0.378 e. The highest BCUT2D eigenvalue weighted by molar-refractivity contribution is 6.03. The highest BCUT2D eigenvalue weighted by Crippen LogP contribution is 2.24. The van der Waals surface area contributed by atoms with Crippen LogP contribution < -0.4 is 26.0 Å². The van der Waals surface area contributed by atoms with Crippen LogP contribution in [-0.4, -0.2) is 52.4 Å². The van der Waals surface area contributed by atoms with Crippen LogP contribution >= 0.6 is 0 Å². The van der Waals surface area contributed by atoms with Crippen LogP contribution in [0.25, 0.3) is 0 Å². The lowest BCUT2D eigenvalue weighted by Crippen LogP contribution is -2.20. The van der Waals surface area contributed by atoms with Gasteiger partial charge in [0.15, 0.2) is 0 Å². The van der Waals surface area contributed by atoms with Crippen LogP contribution in [0.5, 0.6) is 0 Å². The van der Waals surface area contributed by atoms with Gasteiger partial charge in [-0.3, -0.25) is 9.59 Å². The zero-order valence-electron chi connectivity index (χ0n) is 23.5. The molecule has 0 unspecified atom stereocenters. The zero-order chi connectivity index (χ0) is 29.2. The molecule has 3 N–H and O–H groups in total. The van der Waals surface area contributed by atoms with E-state index in [1.165, 1.54) is 0 Å². The fourth-order valence-corrected chi connectivity index (χ4v) is 3.89. The molecule has 0 aromatic heterocycles. The standard InChI is InChI=1S/C32H33N7O2/c1-38(2)25-17-13-23(14-18-25)21-33-36-31(40)27-9-5-7-11-29(27)35-30-12-8-6-10-28(30)32(41)37-34-22-24-15-19-26(20-16-24)39(3)4/h5-22,35H,1-4H3,(H,36,40)(H,37,41)/b33-21+,34-22+. The maximum absolute atomic E-state index is 13.0. The van der Waals surface area contributed by atoms with Crippen molar-refractivity contribution in [3.63, 3.8) is 0 Å². The summed E-state index contributed by atoms with van der Waals surface area (Å²) in [4.78, 5) is 30.0. The minimum atomic E-state index is -0.388. The molecule has 0 radical (unpaired) electrons. The molecule has 0 saturated carbocycles. The molecule has 0 atom stereocenters. The average Bonchev–Trinajstić information content (AvgIpc) is 2.98. The number of nitrogens with one attached hydrogen (secondary N) is 3. The predicted octanol–water partition coefficient (Wildman–Crippen LogP) is 5.09. The summed E-state index contributed by atoms with van der Waals surface area (Å²) in [5, 5.41) is 11.4. The van der Waals surface area contributed by atoms with Crippen molar-refractivity contribution in [1.82, 2.24) is 10.9 Å². The van der Waals surface area contributed by atoms with Crippen molar-refractivity contribution in [3.05, 3.63) is 119 Å². The lowest BCUT2D eigenvalue weighted by molar-refractivity contribution is 0.0948. The Morgan fingerprint density at radius 1 is 0.561 bits per heavy atom. The summed E-state index contributed by atoms with van der Waals surface area (Å²) in [6.07, 6.45) is 3.17. The van der Waals surface area contributed by atoms with Crippen molar-refractivity contribution in [3.8, 4) is 0 Å². The van der Waals surface area contributed by atoms with Gasteiger partial charge in [0.2, 0.25) is 0 Å². The number of nitrogens with zero attached hydrogens (tertiary/aromatic N) is 4. The number of anilines is 4. The Bertz CT molecular complexity index is 1430. The predicted molar refractivity (Wildman–Crippen MR) is 168 cm³/mol. The van der Waals surface area contributed by atoms with E-state index >= 15 is 0 Å². The minimum absolute atomic E-state index is 0.377. The van der Waals surface area contributed by atoms with Gasteiger partial charge in [0.1, 0.15) is 0 Å².